The first kappa shape index (κ1) is 13.9. The third kappa shape index (κ3) is 3.10. The number of hydrogen-bond donors (Lipinski definition) is 2. The average molecular weight is 279 g/mol. The van der Waals surface area contributed by atoms with E-state index in [1.54, 1.807) is 11.8 Å². The molecule has 1 aliphatic carbocycles. The summed E-state index contributed by atoms with van der Waals surface area (Å²) in [4.78, 5) is 24.3. The second-order valence-corrected chi connectivity index (χ2v) is 5.52. The Morgan fingerprint density at radius 3 is 2.63 bits per heavy atom. The van der Waals surface area contributed by atoms with Crippen LogP contribution in [0.25, 0.3) is 0 Å². The second kappa shape index (κ2) is 6.10. The summed E-state index contributed by atoms with van der Waals surface area (Å²) in [7, 11) is 0. The van der Waals surface area contributed by atoms with Crippen molar-refractivity contribution in [1.82, 2.24) is 0 Å². The Morgan fingerprint density at radius 2 is 1.95 bits per heavy atom. The first-order valence-electron chi connectivity index (χ1n) is 6.30. The smallest absolute Gasteiger partial charge is 0.307 e. The quantitative estimate of drug-likeness (QED) is 0.832. The van der Waals surface area contributed by atoms with Gasteiger partial charge in [-0.3, -0.25) is 9.59 Å². The van der Waals surface area contributed by atoms with Crippen molar-refractivity contribution in [2.75, 3.05) is 11.6 Å². The summed E-state index contributed by atoms with van der Waals surface area (Å²) in [5.41, 5.74) is 0.760. The van der Waals surface area contributed by atoms with E-state index in [4.69, 9.17) is 5.11 Å². The zero-order chi connectivity index (χ0) is 13.8. The molecule has 5 heteroatoms. The number of nitrogens with one attached hydrogen (secondary N) is 1. The van der Waals surface area contributed by atoms with Gasteiger partial charge in [0.1, 0.15) is 0 Å². The maximum absolute atomic E-state index is 12.2. The molecule has 2 N–H and O–H groups in total. The van der Waals surface area contributed by atoms with Crippen LogP contribution in [0.3, 0.4) is 0 Å². The number of carbonyl (C=O) groups is 2. The Kier molecular flexibility index (Phi) is 4.47. The summed E-state index contributed by atoms with van der Waals surface area (Å²) in [6.07, 6.45) is 4.00. The molecule has 2 atom stereocenters. The van der Waals surface area contributed by atoms with E-state index in [9.17, 15) is 9.59 Å². The number of hydrogen-bond acceptors (Lipinski definition) is 3. The van der Waals surface area contributed by atoms with Crippen molar-refractivity contribution in [2.45, 2.75) is 24.2 Å². The van der Waals surface area contributed by atoms with Crippen molar-refractivity contribution in [3.05, 3.63) is 24.3 Å². The standard InChI is InChI=1S/C14H17NO3S/c1-19-12-8-3-2-7-11(12)15-13(16)9-5-4-6-10(9)14(17)18/h2-3,7-10H,4-6H2,1H3,(H,15,16)(H,17,18)/t9-,10+/m1/s1. The van der Waals surface area contributed by atoms with Gasteiger partial charge in [0.25, 0.3) is 0 Å². The summed E-state index contributed by atoms with van der Waals surface area (Å²) < 4.78 is 0. The van der Waals surface area contributed by atoms with Gasteiger partial charge in [-0.15, -0.1) is 11.8 Å². The van der Waals surface area contributed by atoms with Crippen LogP contribution in [-0.2, 0) is 9.59 Å². The third-order valence-electron chi connectivity index (χ3n) is 3.53. The van der Waals surface area contributed by atoms with Crippen LogP contribution in [0.5, 0.6) is 0 Å². The van der Waals surface area contributed by atoms with E-state index in [1.807, 2.05) is 30.5 Å². The van der Waals surface area contributed by atoms with E-state index in [1.165, 1.54) is 0 Å². The minimum Gasteiger partial charge on any atom is -0.481 e. The summed E-state index contributed by atoms with van der Waals surface area (Å²) in [6.45, 7) is 0. The van der Waals surface area contributed by atoms with E-state index in [-0.39, 0.29) is 5.91 Å². The molecule has 0 radical (unpaired) electrons. The molecule has 4 nitrogen and oxygen atoms in total. The first-order valence-corrected chi connectivity index (χ1v) is 7.52. The molecule has 1 amide bonds. The molecule has 0 spiro atoms. The van der Waals surface area contributed by atoms with Crippen molar-refractivity contribution in [3.63, 3.8) is 0 Å². The van der Waals surface area contributed by atoms with Crippen LogP contribution in [0.15, 0.2) is 29.2 Å². The van der Waals surface area contributed by atoms with Crippen molar-refractivity contribution in [1.29, 1.82) is 0 Å². The third-order valence-corrected chi connectivity index (χ3v) is 4.33. The van der Waals surface area contributed by atoms with E-state index in [2.05, 4.69) is 5.32 Å². The van der Waals surface area contributed by atoms with Crippen LogP contribution >= 0.6 is 11.8 Å². The SMILES string of the molecule is CSc1ccccc1NC(=O)[C@@H]1CCC[C@@H]1C(=O)O. The Hall–Kier alpha value is -1.49. The lowest BCUT2D eigenvalue weighted by Crippen LogP contribution is -2.30. The minimum atomic E-state index is -0.865. The Bertz CT molecular complexity index is 489. The molecular weight excluding hydrogens is 262 g/mol. The van der Waals surface area contributed by atoms with Crippen LogP contribution in [0.2, 0.25) is 0 Å². The van der Waals surface area contributed by atoms with Gasteiger partial charge in [0.15, 0.2) is 0 Å². The number of para-hydroxylation sites is 1. The lowest BCUT2D eigenvalue weighted by molar-refractivity contribution is -0.145. The van der Waals surface area contributed by atoms with Gasteiger partial charge >= 0.3 is 5.97 Å². The van der Waals surface area contributed by atoms with Gasteiger partial charge in [-0.25, -0.2) is 0 Å². The Balaban J connectivity index is 2.10. The van der Waals surface area contributed by atoms with E-state index >= 15 is 0 Å². The number of rotatable bonds is 4. The lowest BCUT2D eigenvalue weighted by Gasteiger charge is -2.16. The largest absolute Gasteiger partial charge is 0.481 e. The molecular formula is C14H17NO3S. The summed E-state index contributed by atoms with van der Waals surface area (Å²) in [5.74, 6) is -1.99. The van der Waals surface area contributed by atoms with Gasteiger partial charge in [0.05, 0.1) is 17.5 Å². The van der Waals surface area contributed by atoms with E-state index < -0.39 is 17.8 Å². The molecule has 0 unspecified atom stereocenters. The monoisotopic (exact) mass is 279 g/mol. The molecule has 1 saturated carbocycles. The average Bonchev–Trinajstić information content (AvgIpc) is 2.88. The molecule has 0 aliphatic heterocycles. The van der Waals surface area contributed by atoms with Gasteiger partial charge in [0, 0.05) is 4.90 Å². The van der Waals surface area contributed by atoms with Crippen LogP contribution in [-0.4, -0.2) is 23.2 Å². The molecule has 102 valence electrons. The van der Waals surface area contributed by atoms with Gasteiger partial charge in [0.2, 0.25) is 5.91 Å². The maximum Gasteiger partial charge on any atom is 0.307 e. The zero-order valence-corrected chi connectivity index (χ0v) is 11.6. The highest BCUT2D eigenvalue weighted by Crippen LogP contribution is 2.33. The highest BCUT2D eigenvalue weighted by molar-refractivity contribution is 7.98. The molecule has 0 saturated heterocycles. The topological polar surface area (TPSA) is 66.4 Å². The van der Waals surface area contributed by atoms with Crippen molar-refractivity contribution < 1.29 is 14.7 Å². The Morgan fingerprint density at radius 1 is 1.26 bits per heavy atom. The van der Waals surface area contributed by atoms with E-state index in [0.717, 1.165) is 17.0 Å². The van der Waals surface area contributed by atoms with Crippen LogP contribution in [0, 0.1) is 11.8 Å². The van der Waals surface area contributed by atoms with Crippen molar-refractivity contribution in [2.24, 2.45) is 11.8 Å². The lowest BCUT2D eigenvalue weighted by atomic mass is 9.95. The summed E-state index contributed by atoms with van der Waals surface area (Å²) >= 11 is 1.56. The molecule has 2 rings (SSSR count). The van der Waals surface area contributed by atoms with E-state index in [0.29, 0.717) is 12.8 Å². The molecule has 0 aromatic heterocycles. The fourth-order valence-corrected chi connectivity index (χ4v) is 3.10. The summed E-state index contributed by atoms with van der Waals surface area (Å²) in [5, 5.41) is 12.0. The highest BCUT2D eigenvalue weighted by Gasteiger charge is 2.37. The maximum atomic E-state index is 12.2. The molecule has 19 heavy (non-hydrogen) atoms. The fourth-order valence-electron chi connectivity index (χ4n) is 2.54. The molecule has 1 aliphatic rings. The molecule has 0 bridgehead atoms. The second-order valence-electron chi connectivity index (χ2n) is 4.67. The number of carbonyl (C=O) groups excluding carboxylic acids is 1. The highest BCUT2D eigenvalue weighted by atomic mass is 32.2. The van der Waals surface area contributed by atoms with Crippen LogP contribution in [0.1, 0.15) is 19.3 Å². The van der Waals surface area contributed by atoms with Gasteiger partial charge in [-0.1, -0.05) is 18.6 Å². The molecule has 1 aromatic rings. The number of carboxylic acid groups (broad SMARTS) is 1. The van der Waals surface area contributed by atoms with Crippen molar-refractivity contribution >= 4 is 29.3 Å². The number of benzene rings is 1. The number of aliphatic carboxylic acids is 1. The summed E-state index contributed by atoms with van der Waals surface area (Å²) in [6, 6.07) is 7.55. The van der Waals surface area contributed by atoms with Gasteiger partial charge in [-0.05, 0) is 31.2 Å². The van der Waals surface area contributed by atoms with Crippen LogP contribution in [0.4, 0.5) is 5.69 Å². The Labute approximate surface area is 116 Å². The zero-order valence-electron chi connectivity index (χ0n) is 10.8. The molecule has 1 aromatic carbocycles. The van der Waals surface area contributed by atoms with Crippen molar-refractivity contribution in [3.8, 4) is 0 Å². The number of anilines is 1. The number of carboxylic acids is 1. The molecule has 0 heterocycles. The predicted molar refractivity (Wildman–Crippen MR) is 75.3 cm³/mol. The number of amides is 1. The normalized spacial score (nSPS) is 22.2. The first-order chi connectivity index (χ1) is 9.13. The predicted octanol–water partition coefficient (Wildman–Crippen LogP) is 2.85. The minimum absolute atomic E-state index is 0.175. The van der Waals surface area contributed by atoms with Gasteiger partial charge < -0.3 is 10.4 Å². The fraction of sp³-hybridized carbons (Fsp3) is 0.429. The van der Waals surface area contributed by atoms with Gasteiger partial charge in [-0.2, -0.15) is 0 Å². The van der Waals surface area contributed by atoms with Crippen LogP contribution < -0.4 is 5.32 Å². The number of thioether (sulfide) groups is 1. The molecule has 1 fully saturated rings.